The lowest BCUT2D eigenvalue weighted by Crippen LogP contribution is -2.39. The van der Waals surface area contributed by atoms with Gasteiger partial charge in [0.05, 0.1) is 0 Å². The minimum Gasteiger partial charge on any atom is -0.346 e. The number of anilines is 1. The van der Waals surface area contributed by atoms with Crippen molar-refractivity contribution >= 4 is 16.5 Å². The molecule has 1 aromatic carbocycles. The van der Waals surface area contributed by atoms with Gasteiger partial charge in [0.1, 0.15) is 5.01 Å². The second kappa shape index (κ2) is 6.97. The lowest BCUT2D eigenvalue weighted by Gasteiger charge is -2.35. The zero-order chi connectivity index (χ0) is 15.5. The van der Waals surface area contributed by atoms with Crippen molar-refractivity contribution in [3.05, 3.63) is 40.9 Å². The van der Waals surface area contributed by atoms with E-state index in [4.69, 9.17) is 0 Å². The summed E-state index contributed by atoms with van der Waals surface area (Å²) in [5.41, 5.74) is 1.31. The second-order valence-corrected chi connectivity index (χ2v) is 7.78. The minimum atomic E-state index is 0.820. The third-order valence-electron chi connectivity index (χ3n) is 5.15. The molecule has 3 heterocycles. The van der Waals surface area contributed by atoms with Crippen LogP contribution in [0.15, 0.2) is 30.3 Å². The number of rotatable bonds is 4. The van der Waals surface area contributed by atoms with Crippen molar-refractivity contribution in [2.75, 3.05) is 31.1 Å². The van der Waals surface area contributed by atoms with Gasteiger partial charge in [0.25, 0.3) is 0 Å². The summed E-state index contributed by atoms with van der Waals surface area (Å²) in [6, 6.07) is 10.5. The van der Waals surface area contributed by atoms with Gasteiger partial charge < -0.3 is 10.2 Å². The highest BCUT2D eigenvalue weighted by atomic mass is 32.1. The molecular weight excluding hydrogens is 304 g/mol. The van der Waals surface area contributed by atoms with Gasteiger partial charge >= 0.3 is 0 Å². The van der Waals surface area contributed by atoms with Gasteiger partial charge in [-0.15, -0.1) is 10.2 Å². The van der Waals surface area contributed by atoms with Crippen LogP contribution in [-0.2, 0) is 6.42 Å². The Hall–Kier alpha value is -1.46. The quantitative estimate of drug-likeness (QED) is 0.937. The average molecular weight is 328 g/mol. The predicted molar refractivity (Wildman–Crippen MR) is 95.1 cm³/mol. The van der Waals surface area contributed by atoms with Crippen LogP contribution < -0.4 is 10.2 Å². The van der Waals surface area contributed by atoms with E-state index < -0.39 is 0 Å². The number of nitrogens with zero attached hydrogens (tertiary/aromatic N) is 3. The molecule has 2 aliphatic rings. The molecule has 4 nitrogen and oxygen atoms in total. The summed E-state index contributed by atoms with van der Waals surface area (Å²) in [4.78, 5) is 2.47. The molecule has 2 fully saturated rings. The topological polar surface area (TPSA) is 41.1 Å². The first kappa shape index (κ1) is 15.1. The van der Waals surface area contributed by atoms with Gasteiger partial charge in [0.2, 0.25) is 5.13 Å². The Morgan fingerprint density at radius 1 is 1.13 bits per heavy atom. The molecule has 2 saturated heterocycles. The van der Waals surface area contributed by atoms with Crippen LogP contribution in [0.2, 0.25) is 0 Å². The molecule has 1 N–H and O–H groups in total. The van der Waals surface area contributed by atoms with Crippen LogP contribution in [0.1, 0.15) is 29.8 Å². The molecule has 4 rings (SSSR count). The Morgan fingerprint density at radius 3 is 2.87 bits per heavy atom. The predicted octanol–water partition coefficient (Wildman–Crippen LogP) is 2.95. The first-order chi connectivity index (χ1) is 11.4. The molecule has 122 valence electrons. The van der Waals surface area contributed by atoms with Crippen molar-refractivity contribution in [1.82, 2.24) is 15.5 Å². The molecule has 0 saturated carbocycles. The van der Waals surface area contributed by atoms with Crippen LogP contribution in [0.25, 0.3) is 0 Å². The van der Waals surface area contributed by atoms with E-state index in [0.717, 1.165) is 41.5 Å². The van der Waals surface area contributed by atoms with E-state index >= 15 is 0 Å². The number of benzene rings is 1. The van der Waals surface area contributed by atoms with Crippen molar-refractivity contribution < 1.29 is 0 Å². The van der Waals surface area contributed by atoms with Crippen LogP contribution in [0.3, 0.4) is 0 Å². The number of hydrogen-bond acceptors (Lipinski definition) is 5. The van der Waals surface area contributed by atoms with E-state index in [1.807, 2.05) is 0 Å². The van der Waals surface area contributed by atoms with E-state index in [9.17, 15) is 0 Å². The van der Waals surface area contributed by atoms with Crippen LogP contribution in [-0.4, -0.2) is 36.4 Å². The lowest BCUT2D eigenvalue weighted by atomic mass is 9.85. The van der Waals surface area contributed by atoms with Gasteiger partial charge in [-0.05, 0) is 49.8 Å². The smallest absolute Gasteiger partial charge is 0.208 e. The van der Waals surface area contributed by atoms with Gasteiger partial charge in [-0.2, -0.15) is 0 Å². The highest BCUT2D eigenvalue weighted by molar-refractivity contribution is 7.15. The fourth-order valence-corrected chi connectivity index (χ4v) is 4.77. The fraction of sp³-hybridized carbons (Fsp3) is 0.556. The Morgan fingerprint density at radius 2 is 2.04 bits per heavy atom. The van der Waals surface area contributed by atoms with E-state index in [1.54, 1.807) is 11.3 Å². The number of piperidine rings is 1. The molecule has 0 radical (unpaired) electrons. The number of hydrogen-bond donors (Lipinski definition) is 1. The van der Waals surface area contributed by atoms with Crippen molar-refractivity contribution in [2.24, 2.45) is 11.8 Å². The van der Waals surface area contributed by atoms with Crippen LogP contribution in [0.4, 0.5) is 5.13 Å². The summed E-state index contributed by atoms with van der Waals surface area (Å²) in [5, 5.41) is 14.6. The van der Waals surface area contributed by atoms with Gasteiger partial charge in [0, 0.05) is 19.5 Å². The average Bonchev–Trinajstić information content (AvgIpc) is 3.28. The van der Waals surface area contributed by atoms with Crippen LogP contribution in [0.5, 0.6) is 0 Å². The normalized spacial score (nSPS) is 25.0. The van der Waals surface area contributed by atoms with Crippen molar-refractivity contribution in [3.8, 4) is 0 Å². The summed E-state index contributed by atoms with van der Waals surface area (Å²) in [6.07, 6.45) is 4.89. The highest BCUT2D eigenvalue weighted by Crippen LogP contribution is 2.32. The third-order valence-corrected chi connectivity index (χ3v) is 6.13. The third kappa shape index (κ3) is 3.56. The fourth-order valence-electron chi connectivity index (χ4n) is 3.86. The summed E-state index contributed by atoms with van der Waals surface area (Å²) >= 11 is 1.77. The van der Waals surface area contributed by atoms with E-state index in [-0.39, 0.29) is 0 Å². The van der Waals surface area contributed by atoms with Gasteiger partial charge in [0.15, 0.2) is 0 Å². The molecule has 0 aliphatic carbocycles. The first-order valence-corrected chi connectivity index (χ1v) is 9.52. The Kier molecular flexibility index (Phi) is 4.57. The SMILES string of the molecule is c1ccc(Cc2nnc(N3CCCC(C4CCNC4)C3)s2)cc1. The van der Waals surface area contributed by atoms with E-state index in [2.05, 4.69) is 50.7 Å². The number of nitrogens with one attached hydrogen (secondary N) is 1. The van der Waals surface area contributed by atoms with E-state index in [0.29, 0.717) is 0 Å². The maximum Gasteiger partial charge on any atom is 0.208 e. The first-order valence-electron chi connectivity index (χ1n) is 8.70. The van der Waals surface area contributed by atoms with Gasteiger partial charge in [-0.1, -0.05) is 41.7 Å². The molecule has 2 atom stereocenters. The van der Waals surface area contributed by atoms with Crippen LogP contribution >= 0.6 is 11.3 Å². The van der Waals surface area contributed by atoms with E-state index in [1.165, 1.54) is 37.9 Å². The Balaban J connectivity index is 1.41. The summed E-state index contributed by atoms with van der Waals surface area (Å²) in [7, 11) is 0. The standard InChI is InChI=1S/C18H24N4S/c1-2-5-14(6-3-1)11-17-20-21-18(23-17)22-10-4-7-16(13-22)15-8-9-19-12-15/h1-3,5-6,15-16,19H,4,7-13H2. The van der Waals surface area contributed by atoms with Crippen LogP contribution in [0, 0.1) is 11.8 Å². The molecule has 5 heteroatoms. The van der Waals surface area contributed by atoms with Crippen molar-refractivity contribution in [1.29, 1.82) is 0 Å². The van der Waals surface area contributed by atoms with Gasteiger partial charge in [-0.25, -0.2) is 0 Å². The molecule has 0 spiro atoms. The number of aromatic nitrogens is 2. The highest BCUT2D eigenvalue weighted by Gasteiger charge is 2.30. The zero-order valence-electron chi connectivity index (χ0n) is 13.4. The molecule has 23 heavy (non-hydrogen) atoms. The summed E-state index contributed by atoms with van der Waals surface area (Å²) in [5.74, 6) is 1.68. The maximum atomic E-state index is 4.48. The van der Waals surface area contributed by atoms with Gasteiger partial charge in [-0.3, -0.25) is 0 Å². The monoisotopic (exact) mass is 328 g/mol. The zero-order valence-corrected chi connectivity index (χ0v) is 14.3. The summed E-state index contributed by atoms with van der Waals surface area (Å²) < 4.78 is 0. The minimum absolute atomic E-state index is 0.820. The Bertz CT molecular complexity index is 621. The van der Waals surface area contributed by atoms with Crippen molar-refractivity contribution in [2.45, 2.75) is 25.7 Å². The largest absolute Gasteiger partial charge is 0.346 e. The second-order valence-electron chi connectivity index (χ2n) is 6.74. The molecular formula is C18H24N4S. The lowest BCUT2D eigenvalue weighted by molar-refractivity contribution is 0.302. The Labute approximate surface area is 141 Å². The molecule has 2 unspecified atom stereocenters. The maximum absolute atomic E-state index is 4.48. The summed E-state index contributed by atoms with van der Waals surface area (Å²) in [6.45, 7) is 4.69. The van der Waals surface area contributed by atoms with Crippen molar-refractivity contribution in [3.63, 3.8) is 0 Å². The molecule has 0 amide bonds. The molecule has 1 aromatic heterocycles. The molecule has 2 aromatic rings. The molecule has 2 aliphatic heterocycles. The molecule has 0 bridgehead atoms.